The molecule has 61 heavy (non-hydrogen) atoms. The van der Waals surface area contributed by atoms with Crippen molar-refractivity contribution in [1.82, 2.24) is 24.3 Å². The first-order valence-electron chi connectivity index (χ1n) is 18.7. The molecular formula is C42H48N6O13. The molecule has 0 amide bonds. The molecule has 0 radical (unpaired) electrons. The van der Waals surface area contributed by atoms with Crippen LogP contribution in [0.15, 0.2) is 104 Å². The molecule has 19 nitrogen and oxygen atoms in total. The van der Waals surface area contributed by atoms with Crippen molar-refractivity contribution in [1.29, 1.82) is 0 Å². The Morgan fingerprint density at radius 3 is 1.56 bits per heavy atom. The third kappa shape index (κ3) is 16.4. The van der Waals surface area contributed by atoms with Gasteiger partial charge in [0, 0.05) is 79.4 Å². The van der Waals surface area contributed by atoms with Crippen LogP contribution >= 0.6 is 0 Å². The van der Waals surface area contributed by atoms with E-state index in [4.69, 9.17) is 46.1 Å². The summed E-state index contributed by atoms with van der Waals surface area (Å²) in [6, 6.07) is 19.9. The summed E-state index contributed by atoms with van der Waals surface area (Å²) in [7, 11) is 4.41. The molecule has 0 bridgehead atoms. The number of nitrogen functional groups attached to an aromatic ring is 1. The van der Waals surface area contributed by atoms with E-state index >= 15 is 0 Å². The van der Waals surface area contributed by atoms with Gasteiger partial charge in [0.15, 0.2) is 0 Å². The largest absolute Gasteiger partial charge is 0.478 e. The lowest BCUT2D eigenvalue weighted by atomic mass is 9.90. The standard InChI is InChI=1S/C30H36N6O.3C4H4O4/c1-34(2)24-16-17-35(18-24)22-10-12-23(13-11-22)36-19-27(28-29(31)32-20-33-30(28)36)21-8-14-26(15-9-21)37-25-6-4-3-5-7-25;3*5-3(6)1-2-4(7)8/h3-9,14-15,19-20,22-24H,10-13,16-18H2,1-2H3,(H2,31,32,33);3*1-2H,(H,5,6)(H,7,8)/b;3*2-1-/t22?,23?,24-;;;/m1.../s1. The number of carbonyl (C=O) groups is 6. The van der Waals surface area contributed by atoms with Crippen LogP contribution in [-0.4, -0.2) is 130 Å². The van der Waals surface area contributed by atoms with Crippen molar-refractivity contribution >= 4 is 52.7 Å². The van der Waals surface area contributed by atoms with Gasteiger partial charge in [0.05, 0.1) is 5.39 Å². The van der Waals surface area contributed by atoms with Crippen molar-refractivity contribution in [3.63, 3.8) is 0 Å². The van der Waals surface area contributed by atoms with Gasteiger partial charge in [-0.1, -0.05) is 30.3 Å². The van der Waals surface area contributed by atoms with Gasteiger partial charge in [-0.25, -0.2) is 38.7 Å². The summed E-state index contributed by atoms with van der Waals surface area (Å²) in [6.07, 6.45) is 13.2. The number of carboxylic acid groups (broad SMARTS) is 6. The summed E-state index contributed by atoms with van der Waals surface area (Å²) >= 11 is 0. The van der Waals surface area contributed by atoms with Gasteiger partial charge in [0.25, 0.3) is 0 Å². The zero-order valence-corrected chi connectivity index (χ0v) is 33.4. The van der Waals surface area contributed by atoms with Gasteiger partial charge in [0.1, 0.15) is 29.3 Å². The molecule has 0 unspecified atom stereocenters. The van der Waals surface area contributed by atoms with E-state index in [0.29, 0.717) is 60.4 Å². The van der Waals surface area contributed by atoms with Crippen molar-refractivity contribution in [3.05, 3.63) is 104 Å². The summed E-state index contributed by atoms with van der Waals surface area (Å²) in [5.41, 5.74) is 9.51. The van der Waals surface area contributed by atoms with Gasteiger partial charge in [0.2, 0.25) is 0 Å². The van der Waals surface area contributed by atoms with Crippen LogP contribution in [0.25, 0.3) is 22.2 Å². The van der Waals surface area contributed by atoms with Crippen LogP contribution in [0.2, 0.25) is 0 Å². The molecule has 1 saturated carbocycles. The fraction of sp³-hybridized carbons (Fsp3) is 0.286. The number of para-hydroxylation sites is 1. The molecule has 6 rings (SSSR count). The molecule has 2 fully saturated rings. The molecule has 19 heteroatoms. The van der Waals surface area contributed by atoms with Gasteiger partial charge < -0.3 is 50.6 Å². The van der Waals surface area contributed by atoms with Crippen molar-refractivity contribution in [2.45, 2.75) is 50.2 Å². The Bertz CT molecular complexity index is 2080. The van der Waals surface area contributed by atoms with Gasteiger partial charge in [-0.15, -0.1) is 0 Å². The molecule has 1 saturated heterocycles. The second kappa shape index (κ2) is 23.9. The minimum Gasteiger partial charge on any atom is -0.478 e. The number of aliphatic carboxylic acids is 6. The Kier molecular flexibility index (Phi) is 18.8. The number of carboxylic acids is 6. The number of fused-ring (bicyclic) bond motifs is 1. The number of hydrogen-bond donors (Lipinski definition) is 7. The van der Waals surface area contributed by atoms with Crippen molar-refractivity contribution < 1.29 is 64.1 Å². The van der Waals surface area contributed by atoms with Gasteiger partial charge in [-0.05, 0) is 76.0 Å². The maximum Gasteiger partial charge on any atom is 0.328 e. The van der Waals surface area contributed by atoms with E-state index in [2.05, 4.69) is 51.8 Å². The Morgan fingerprint density at radius 1 is 0.656 bits per heavy atom. The first-order chi connectivity index (χ1) is 28.9. The normalized spacial score (nSPS) is 17.5. The number of hydrogen-bond acceptors (Lipinski definition) is 12. The minimum atomic E-state index is -1.26. The van der Waals surface area contributed by atoms with Crippen molar-refractivity contribution in [2.24, 2.45) is 0 Å². The average molecular weight is 845 g/mol. The second-order valence-electron chi connectivity index (χ2n) is 13.7. The van der Waals surface area contributed by atoms with E-state index in [1.807, 2.05) is 42.5 Å². The summed E-state index contributed by atoms with van der Waals surface area (Å²) in [5, 5.41) is 47.8. The lowest BCUT2D eigenvalue weighted by Crippen LogP contribution is -2.39. The Labute approximate surface area is 349 Å². The monoisotopic (exact) mass is 844 g/mol. The Hall–Kier alpha value is -7.38. The third-order valence-corrected chi connectivity index (χ3v) is 9.39. The molecule has 4 aromatic rings. The van der Waals surface area contributed by atoms with Crippen LogP contribution in [0.5, 0.6) is 11.5 Å². The van der Waals surface area contributed by atoms with Crippen LogP contribution in [0.4, 0.5) is 5.82 Å². The first kappa shape index (κ1) is 48.0. The molecular weight excluding hydrogens is 796 g/mol. The number of nitrogens with two attached hydrogens (primary N) is 1. The summed E-state index contributed by atoms with van der Waals surface area (Å²) in [4.78, 5) is 71.4. The highest BCUT2D eigenvalue weighted by molar-refractivity contribution is 6.00. The number of nitrogens with zero attached hydrogens (tertiary/aromatic N) is 5. The highest BCUT2D eigenvalue weighted by Gasteiger charge is 2.33. The number of aromatic nitrogens is 3. The molecule has 3 heterocycles. The van der Waals surface area contributed by atoms with Gasteiger partial charge in [-0.3, -0.25) is 4.90 Å². The zero-order chi connectivity index (χ0) is 45.1. The SMILES string of the molecule is CN(C)[C@@H]1CCN(C2CCC(n3cc(-c4ccc(Oc5ccccc5)cc4)c4c(N)ncnc43)CC2)C1.O=C(O)/C=C\C(=O)O.O=C(O)/C=C\C(=O)O.O=C(O)/C=C\C(=O)O. The average Bonchev–Trinajstić information content (AvgIpc) is 3.88. The van der Waals surface area contributed by atoms with Crippen LogP contribution in [-0.2, 0) is 28.8 Å². The van der Waals surface area contributed by atoms with Crippen LogP contribution in [0.3, 0.4) is 0 Å². The lowest BCUT2D eigenvalue weighted by molar-refractivity contribution is -0.134. The minimum absolute atomic E-state index is 0.426. The fourth-order valence-electron chi connectivity index (χ4n) is 6.58. The molecule has 2 aromatic carbocycles. The van der Waals surface area contributed by atoms with E-state index in [9.17, 15) is 28.8 Å². The topological polar surface area (TPSA) is 296 Å². The number of ether oxygens (including phenoxy) is 1. The number of rotatable bonds is 12. The van der Waals surface area contributed by atoms with Crippen LogP contribution in [0, 0.1) is 0 Å². The fourth-order valence-corrected chi connectivity index (χ4v) is 6.58. The van der Waals surface area contributed by atoms with E-state index < -0.39 is 35.8 Å². The number of anilines is 1. The first-order valence-corrected chi connectivity index (χ1v) is 18.7. The molecule has 8 N–H and O–H groups in total. The second-order valence-corrected chi connectivity index (χ2v) is 13.7. The van der Waals surface area contributed by atoms with Crippen LogP contribution in [0.1, 0.15) is 38.1 Å². The smallest absolute Gasteiger partial charge is 0.328 e. The number of likely N-dealkylation sites (N-methyl/N-ethyl adjacent to an activating group) is 1. The van der Waals surface area contributed by atoms with E-state index in [-0.39, 0.29) is 0 Å². The highest BCUT2D eigenvalue weighted by atomic mass is 16.5. The van der Waals surface area contributed by atoms with E-state index in [1.165, 1.54) is 32.4 Å². The summed E-state index contributed by atoms with van der Waals surface area (Å²) in [5.74, 6) is -5.38. The Morgan fingerprint density at radius 2 is 1.11 bits per heavy atom. The quantitative estimate of drug-likeness (QED) is 0.0948. The van der Waals surface area contributed by atoms with E-state index in [0.717, 1.165) is 46.5 Å². The summed E-state index contributed by atoms with van der Waals surface area (Å²) < 4.78 is 8.35. The molecule has 324 valence electrons. The zero-order valence-electron chi connectivity index (χ0n) is 33.4. The molecule has 2 aromatic heterocycles. The van der Waals surface area contributed by atoms with Crippen molar-refractivity contribution in [2.75, 3.05) is 32.9 Å². The third-order valence-electron chi connectivity index (χ3n) is 9.39. The Balaban J connectivity index is 0.000000338. The predicted molar refractivity (Wildman–Crippen MR) is 222 cm³/mol. The molecule has 1 atom stereocenters. The van der Waals surface area contributed by atoms with Crippen LogP contribution < -0.4 is 10.5 Å². The molecule has 1 aliphatic carbocycles. The molecule has 0 spiro atoms. The van der Waals surface area contributed by atoms with E-state index in [1.54, 1.807) is 6.33 Å². The maximum atomic E-state index is 9.55. The number of benzene rings is 2. The maximum absolute atomic E-state index is 9.55. The molecule has 2 aliphatic rings. The summed E-state index contributed by atoms with van der Waals surface area (Å²) in [6.45, 7) is 2.43. The van der Waals surface area contributed by atoms with Gasteiger partial charge >= 0.3 is 35.8 Å². The highest BCUT2D eigenvalue weighted by Crippen LogP contribution is 2.40. The van der Waals surface area contributed by atoms with Crippen molar-refractivity contribution in [3.8, 4) is 22.6 Å². The van der Waals surface area contributed by atoms with Gasteiger partial charge in [-0.2, -0.15) is 0 Å². The number of likely N-dealkylation sites (tertiary alicyclic amines) is 1. The molecule has 1 aliphatic heterocycles. The lowest BCUT2D eigenvalue weighted by Gasteiger charge is -2.35. The predicted octanol–water partition coefficient (Wildman–Crippen LogP) is 4.73.